The van der Waals surface area contributed by atoms with Gasteiger partial charge in [-0.2, -0.15) is 0 Å². The Morgan fingerprint density at radius 2 is 2.36 bits per heavy atom. The molecule has 2 saturated heterocycles. The van der Waals surface area contributed by atoms with E-state index < -0.39 is 6.57 Å². The second kappa shape index (κ2) is 3.55. The largest absolute Gasteiger partial charge is 0.377 e. The van der Waals surface area contributed by atoms with Crippen molar-refractivity contribution < 1.29 is 13.8 Å². The topological polar surface area (TPSA) is 35.5 Å². The zero-order valence-electron chi connectivity index (χ0n) is 8.86. The molecule has 0 saturated carbocycles. The van der Waals surface area contributed by atoms with Gasteiger partial charge in [0, 0.05) is 18.4 Å². The Morgan fingerprint density at radius 3 is 2.79 bits per heavy atom. The highest BCUT2D eigenvalue weighted by Crippen LogP contribution is 2.62. The zero-order chi connectivity index (χ0) is 10.4. The van der Waals surface area contributed by atoms with Crippen molar-refractivity contribution >= 4 is 25.8 Å². The van der Waals surface area contributed by atoms with Gasteiger partial charge in [0.25, 0.3) is 6.57 Å². The fourth-order valence-electron chi connectivity index (χ4n) is 2.16. The van der Waals surface area contributed by atoms with E-state index in [1.807, 2.05) is 0 Å². The first kappa shape index (κ1) is 11.1. The molecule has 0 radical (unpaired) electrons. The lowest BCUT2D eigenvalue weighted by atomic mass is 9.87. The van der Waals surface area contributed by atoms with Crippen LogP contribution in [0.25, 0.3) is 0 Å². The Kier molecular flexibility index (Phi) is 2.80. The van der Waals surface area contributed by atoms with Crippen LogP contribution >= 0.6 is 18.0 Å². The van der Waals surface area contributed by atoms with Crippen molar-refractivity contribution in [3.8, 4) is 0 Å². The van der Waals surface area contributed by atoms with E-state index in [1.165, 1.54) is 11.4 Å². The lowest BCUT2D eigenvalue weighted by Crippen LogP contribution is -2.44. The summed E-state index contributed by atoms with van der Waals surface area (Å²) in [5.74, 6) is 1.32. The highest BCUT2D eigenvalue weighted by molar-refractivity contribution is 8.56. The van der Waals surface area contributed by atoms with Crippen molar-refractivity contribution in [2.75, 3.05) is 19.0 Å². The zero-order valence-corrected chi connectivity index (χ0v) is 10.6. The van der Waals surface area contributed by atoms with Gasteiger partial charge in [-0.3, -0.25) is 4.57 Å². The Labute approximate surface area is 89.9 Å². The predicted molar refractivity (Wildman–Crippen MR) is 61.9 cm³/mol. The average molecular weight is 234 g/mol. The van der Waals surface area contributed by atoms with Gasteiger partial charge in [0.2, 0.25) is 0 Å². The third kappa shape index (κ3) is 1.92. The van der Waals surface area contributed by atoms with E-state index in [-0.39, 0.29) is 5.60 Å². The van der Waals surface area contributed by atoms with Crippen molar-refractivity contribution in [3.05, 3.63) is 0 Å². The average Bonchev–Trinajstić information content (AvgIpc) is 2.35. The fraction of sp³-hybridized carbons (Fsp3) is 1.00. The third-order valence-corrected chi connectivity index (χ3v) is 6.90. The van der Waals surface area contributed by atoms with E-state index in [0.29, 0.717) is 18.5 Å². The van der Waals surface area contributed by atoms with Crippen LogP contribution in [0.3, 0.4) is 0 Å². The summed E-state index contributed by atoms with van der Waals surface area (Å²) in [6.07, 6.45) is 1.08. The van der Waals surface area contributed by atoms with E-state index in [9.17, 15) is 4.57 Å². The van der Waals surface area contributed by atoms with E-state index in [1.54, 1.807) is 6.66 Å². The molecule has 0 aromatic heterocycles. The molecule has 80 valence electrons. The van der Waals surface area contributed by atoms with Crippen molar-refractivity contribution in [1.29, 1.82) is 0 Å². The van der Waals surface area contributed by atoms with Crippen molar-refractivity contribution in [2.24, 2.45) is 5.92 Å². The van der Waals surface area contributed by atoms with Gasteiger partial charge in [-0.25, -0.2) is 0 Å². The number of hydrogen-bond acceptors (Lipinski definition) is 4. The van der Waals surface area contributed by atoms with Crippen LogP contribution in [0.1, 0.15) is 13.3 Å². The van der Waals surface area contributed by atoms with Gasteiger partial charge in [0.05, 0.1) is 6.61 Å². The molecular formula is C8H16BO3PS. The van der Waals surface area contributed by atoms with Gasteiger partial charge >= 0.3 is 0 Å². The van der Waals surface area contributed by atoms with Crippen LogP contribution in [0.5, 0.6) is 0 Å². The third-order valence-electron chi connectivity index (χ3n) is 3.11. The van der Waals surface area contributed by atoms with Crippen molar-refractivity contribution in [3.63, 3.8) is 0 Å². The molecule has 2 aliphatic rings. The van der Waals surface area contributed by atoms with Crippen LogP contribution < -0.4 is 0 Å². The van der Waals surface area contributed by atoms with Crippen LogP contribution in [0.4, 0.5) is 0 Å². The fourth-order valence-corrected chi connectivity index (χ4v) is 5.32. The molecular weight excluding hydrogens is 218 g/mol. The maximum atomic E-state index is 11.6. The summed E-state index contributed by atoms with van der Waals surface area (Å²) in [5, 5.41) is 0. The minimum atomic E-state index is -2.37. The minimum Gasteiger partial charge on any atom is -0.377 e. The summed E-state index contributed by atoms with van der Waals surface area (Å²) in [6, 6.07) is 0.309. The Hall–Kier alpha value is 0.565. The monoisotopic (exact) mass is 234 g/mol. The molecule has 14 heavy (non-hydrogen) atoms. The molecule has 2 aliphatic heterocycles. The molecule has 0 N–H and O–H groups in total. The first-order chi connectivity index (χ1) is 6.44. The highest BCUT2D eigenvalue weighted by Gasteiger charge is 2.49. The molecule has 0 amide bonds. The summed E-state index contributed by atoms with van der Waals surface area (Å²) < 4.78 is 23.0. The SMILES string of the molecule is B[C@H]1C[C@@H](C)[C@]2(COP(C)(=O)SC2)O1. The molecule has 0 aromatic carbocycles. The predicted octanol–water partition coefficient (Wildman–Crippen LogP) is 1.33. The molecule has 2 rings (SSSR count). The van der Waals surface area contributed by atoms with Crippen LogP contribution in [0.2, 0.25) is 0 Å². The lowest BCUT2D eigenvalue weighted by Gasteiger charge is -2.38. The van der Waals surface area contributed by atoms with Crippen LogP contribution in [0, 0.1) is 5.92 Å². The van der Waals surface area contributed by atoms with Gasteiger partial charge < -0.3 is 9.26 Å². The molecule has 4 atom stereocenters. The molecule has 2 fully saturated rings. The summed E-state index contributed by atoms with van der Waals surface area (Å²) in [5.41, 5.74) is -0.173. The van der Waals surface area contributed by atoms with Gasteiger partial charge in [0.1, 0.15) is 13.4 Å². The first-order valence-corrected chi connectivity index (χ1v) is 8.64. The van der Waals surface area contributed by atoms with Crippen LogP contribution in [-0.4, -0.2) is 38.5 Å². The first-order valence-electron chi connectivity index (χ1n) is 4.98. The molecule has 0 bridgehead atoms. The highest BCUT2D eigenvalue weighted by atomic mass is 32.7. The molecule has 1 unspecified atom stereocenters. The maximum absolute atomic E-state index is 11.6. The molecule has 6 heteroatoms. The molecule has 3 nitrogen and oxygen atoms in total. The van der Waals surface area contributed by atoms with Crippen LogP contribution in [-0.2, 0) is 13.8 Å². The minimum absolute atomic E-state index is 0.173. The van der Waals surface area contributed by atoms with Gasteiger partial charge in [-0.05, 0) is 12.3 Å². The normalized spacial score (nSPS) is 53.9. The Balaban J connectivity index is 2.09. The molecule has 1 spiro atoms. The summed E-state index contributed by atoms with van der Waals surface area (Å²) >= 11 is 1.43. The number of rotatable bonds is 0. The molecule has 0 aromatic rings. The second-order valence-corrected chi connectivity index (χ2v) is 9.56. The summed E-state index contributed by atoms with van der Waals surface area (Å²) in [7, 11) is 2.09. The Bertz CT molecular complexity index is 274. The smallest absolute Gasteiger partial charge is 0.254 e. The standard InChI is InChI=1S/C8H16BO3PS/c1-6-3-7(9)12-8(6)4-11-13(2,10)14-5-8/h6-7H,3-5,9H2,1-2H3/t6-,7-,8-,13?/m1/s1. The van der Waals surface area contributed by atoms with Gasteiger partial charge in [-0.1, -0.05) is 18.3 Å². The summed E-state index contributed by atoms with van der Waals surface area (Å²) in [4.78, 5) is 0. The van der Waals surface area contributed by atoms with Crippen LogP contribution in [0.15, 0.2) is 0 Å². The van der Waals surface area contributed by atoms with Gasteiger partial charge in [-0.15, -0.1) is 0 Å². The summed E-state index contributed by atoms with van der Waals surface area (Å²) in [6.45, 7) is 2.01. The molecule has 2 heterocycles. The maximum Gasteiger partial charge on any atom is 0.254 e. The van der Waals surface area contributed by atoms with E-state index in [2.05, 4.69) is 14.8 Å². The van der Waals surface area contributed by atoms with Crippen molar-refractivity contribution in [1.82, 2.24) is 0 Å². The number of hydrogen-bond donors (Lipinski definition) is 0. The quantitative estimate of drug-likeness (QED) is 0.468. The lowest BCUT2D eigenvalue weighted by molar-refractivity contribution is -0.0442. The van der Waals surface area contributed by atoms with E-state index in [0.717, 1.165) is 12.2 Å². The number of ether oxygens (including phenoxy) is 1. The molecule has 0 aliphatic carbocycles. The van der Waals surface area contributed by atoms with E-state index >= 15 is 0 Å². The van der Waals surface area contributed by atoms with Gasteiger partial charge in [0.15, 0.2) is 0 Å². The van der Waals surface area contributed by atoms with Crippen molar-refractivity contribution in [2.45, 2.75) is 24.9 Å². The Morgan fingerprint density at radius 1 is 1.64 bits per heavy atom. The second-order valence-electron chi connectivity index (χ2n) is 4.45. The van der Waals surface area contributed by atoms with E-state index in [4.69, 9.17) is 9.26 Å².